The van der Waals surface area contributed by atoms with Crippen molar-refractivity contribution in [2.75, 3.05) is 25.5 Å². The number of anilines is 1. The molecule has 188 valence electrons. The summed E-state index contributed by atoms with van der Waals surface area (Å²) in [7, 11) is 1.37. The highest BCUT2D eigenvalue weighted by Crippen LogP contribution is 2.26. The first-order valence-electron chi connectivity index (χ1n) is 12.7. The summed E-state index contributed by atoms with van der Waals surface area (Å²) >= 11 is 0. The fraction of sp³-hybridized carbons (Fsp3) is 0.258. The molecule has 0 aliphatic carbocycles. The van der Waals surface area contributed by atoms with Gasteiger partial charge in [-0.1, -0.05) is 42.5 Å². The van der Waals surface area contributed by atoms with E-state index in [9.17, 15) is 9.59 Å². The van der Waals surface area contributed by atoms with Gasteiger partial charge >= 0.3 is 5.97 Å². The van der Waals surface area contributed by atoms with Crippen LogP contribution in [-0.2, 0) is 28.9 Å². The zero-order chi connectivity index (χ0) is 25.6. The number of methoxy groups -OCH3 is 1. The van der Waals surface area contributed by atoms with Gasteiger partial charge in [0.15, 0.2) is 0 Å². The number of hydrogen-bond acceptors (Lipinski definition) is 5. The van der Waals surface area contributed by atoms with Crippen molar-refractivity contribution in [1.29, 1.82) is 0 Å². The van der Waals surface area contributed by atoms with Crippen LogP contribution in [0.25, 0.3) is 10.8 Å². The molecule has 1 fully saturated rings. The standard InChI is InChI=1S/C31H31N3O3/c1-37-30(35)18-22-5-3-10-28(17-22)33-31(36)26-8-2-6-23(16-26)20-34-14-12-24(21-34)15-25-7-4-9-27-19-32-13-11-29(25)27/h2-11,13,16-17,19,24H,12,14-15,18,20-21H2,1H3,(H,33,36). The molecule has 1 atom stereocenters. The highest BCUT2D eigenvalue weighted by atomic mass is 16.5. The number of nitrogens with zero attached hydrogens (tertiary/aromatic N) is 2. The lowest BCUT2D eigenvalue weighted by Crippen LogP contribution is -2.21. The van der Waals surface area contributed by atoms with Gasteiger partial charge in [-0.15, -0.1) is 0 Å². The number of aromatic nitrogens is 1. The molecule has 0 saturated carbocycles. The van der Waals surface area contributed by atoms with Crippen molar-refractivity contribution in [2.24, 2.45) is 5.92 Å². The summed E-state index contributed by atoms with van der Waals surface area (Å²) < 4.78 is 4.73. The Morgan fingerprint density at radius 2 is 1.86 bits per heavy atom. The van der Waals surface area contributed by atoms with Crippen LogP contribution < -0.4 is 5.32 Å². The maximum Gasteiger partial charge on any atom is 0.309 e. The van der Waals surface area contributed by atoms with Crippen molar-refractivity contribution in [3.63, 3.8) is 0 Å². The van der Waals surface area contributed by atoms with E-state index in [1.807, 2.05) is 48.8 Å². The van der Waals surface area contributed by atoms with Crippen molar-refractivity contribution < 1.29 is 14.3 Å². The van der Waals surface area contributed by atoms with E-state index < -0.39 is 0 Å². The van der Waals surface area contributed by atoms with Gasteiger partial charge in [0, 0.05) is 42.1 Å². The van der Waals surface area contributed by atoms with Crippen LogP contribution in [0.3, 0.4) is 0 Å². The number of pyridine rings is 1. The summed E-state index contributed by atoms with van der Waals surface area (Å²) in [4.78, 5) is 31.2. The molecule has 0 bridgehead atoms. The normalized spacial score (nSPS) is 15.5. The molecule has 1 saturated heterocycles. The molecule has 6 heteroatoms. The number of esters is 1. The van der Waals surface area contributed by atoms with Crippen LogP contribution in [0.2, 0.25) is 0 Å². The SMILES string of the molecule is COC(=O)Cc1cccc(NC(=O)c2cccc(CN3CCC(Cc4cccc5cnccc45)C3)c2)c1. The average molecular weight is 494 g/mol. The van der Waals surface area contributed by atoms with Crippen LogP contribution in [0.5, 0.6) is 0 Å². The van der Waals surface area contributed by atoms with Crippen LogP contribution in [0, 0.1) is 5.92 Å². The molecule has 1 aliphatic heterocycles. The average Bonchev–Trinajstić information content (AvgIpc) is 3.35. The number of carbonyl (C=O) groups excluding carboxylic acids is 2. The molecule has 2 heterocycles. The maximum absolute atomic E-state index is 12.9. The van der Waals surface area contributed by atoms with Crippen LogP contribution in [0.4, 0.5) is 5.69 Å². The third-order valence-electron chi connectivity index (χ3n) is 7.01. The van der Waals surface area contributed by atoms with Gasteiger partial charge in [0.2, 0.25) is 0 Å². The molecule has 0 spiro atoms. The van der Waals surface area contributed by atoms with Crippen LogP contribution in [0.1, 0.15) is 33.5 Å². The Kier molecular flexibility index (Phi) is 7.57. The van der Waals surface area contributed by atoms with Gasteiger partial charge in [-0.25, -0.2) is 0 Å². The summed E-state index contributed by atoms with van der Waals surface area (Å²) in [5, 5.41) is 5.44. The number of ether oxygens (including phenoxy) is 1. The van der Waals surface area contributed by atoms with Gasteiger partial charge in [0.05, 0.1) is 13.5 Å². The first-order valence-corrected chi connectivity index (χ1v) is 12.7. The Morgan fingerprint density at radius 1 is 1.03 bits per heavy atom. The van der Waals surface area contributed by atoms with E-state index in [1.165, 1.54) is 29.9 Å². The van der Waals surface area contributed by atoms with Crippen molar-refractivity contribution in [3.05, 3.63) is 107 Å². The fourth-order valence-electron chi connectivity index (χ4n) is 5.17. The van der Waals surface area contributed by atoms with Crippen LogP contribution in [-0.4, -0.2) is 42.0 Å². The minimum absolute atomic E-state index is 0.165. The van der Waals surface area contributed by atoms with Crippen molar-refractivity contribution in [2.45, 2.75) is 25.8 Å². The zero-order valence-corrected chi connectivity index (χ0v) is 21.0. The van der Waals surface area contributed by atoms with Crippen molar-refractivity contribution >= 4 is 28.3 Å². The van der Waals surface area contributed by atoms with E-state index in [0.717, 1.165) is 37.2 Å². The molecule has 3 aromatic carbocycles. The molecule has 1 N–H and O–H groups in total. The Bertz CT molecular complexity index is 1410. The van der Waals surface area contributed by atoms with E-state index in [-0.39, 0.29) is 18.3 Å². The first kappa shape index (κ1) is 24.7. The number of carbonyl (C=O) groups is 2. The van der Waals surface area contributed by atoms with Gasteiger partial charge in [0.1, 0.15) is 0 Å². The monoisotopic (exact) mass is 493 g/mol. The number of likely N-dealkylation sites (tertiary alicyclic amines) is 1. The summed E-state index contributed by atoms with van der Waals surface area (Å²) in [6.07, 6.45) is 6.21. The summed E-state index contributed by atoms with van der Waals surface area (Å²) in [5.74, 6) is 0.138. The van der Waals surface area contributed by atoms with Crippen LogP contribution in [0.15, 0.2) is 85.2 Å². The van der Waals surface area contributed by atoms with Crippen molar-refractivity contribution in [3.8, 4) is 0 Å². The lowest BCUT2D eigenvalue weighted by Gasteiger charge is -2.17. The predicted octanol–water partition coefficient (Wildman–Crippen LogP) is 5.27. The van der Waals surface area contributed by atoms with E-state index in [1.54, 1.807) is 6.07 Å². The van der Waals surface area contributed by atoms with Gasteiger partial charge in [0.25, 0.3) is 5.91 Å². The Labute approximate surface area is 217 Å². The topological polar surface area (TPSA) is 71.5 Å². The first-order chi connectivity index (χ1) is 18.1. The Balaban J connectivity index is 1.19. The third-order valence-corrected chi connectivity index (χ3v) is 7.01. The zero-order valence-electron chi connectivity index (χ0n) is 21.0. The number of rotatable bonds is 8. The van der Waals surface area contributed by atoms with Gasteiger partial charge < -0.3 is 10.1 Å². The third kappa shape index (κ3) is 6.22. The number of hydrogen-bond donors (Lipinski definition) is 1. The minimum atomic E-state index is -0.310. The molecule has 1 unspecified atom stereocenters. The van der Waals surface area contributed by atoms with E-state index in [2.05, 4.69) is 45.5 Å². The molecule has 0 radical (unpaired) electrons. The number of amides is 1. The summed E-state index contributed by atoms with van der Waals surface area (Å²) in [5.41, 5.74) is 4.59. The van der Waals surface area contributed by atoms with Gasteiger partial charge in [-0.3, -0.25) is 19.5 Å². The molecule has 1 amide bonds. The second-order valence-corrected chi connectivity index (χ2v) is 9.72. The largest absolute Gasteiger partial charge is 0.469 e. The second kappa shape index (κ2) is 11.4. The minimum Gasteiger partial charge on any atom is -0.469 e. The van der Waals surface area contributed by atoms with Gasteiger partial charge in [-0.2, -0.15) is 0 Å². The highest BCUT2D eigenvalue weighted by Gasteiger charge is 2.23. The van der Waals surface area contributed by atoms with Crippen LogP contribution >= 0.6 is 0 Å². The van der Waals surface area contributed by atoms with E-state index >= 15 is 0 Å². The number of benzene rings is 3. The molecule has 1 aliphatic rings. The number of fused-ring (bicyclic) bond motifs is 1. The molecule has 6 nitrogen and oxygen atoms in total. The summed E-state index contributed by atoms with van der Waals surface area (Å²) in [6, 6.07) is 23.7. The van der Waals surface area contributed by atoms with Gasteiger partial charge in [-0.05, 0) is 77.7 Å². The lowest BCUT2D eigenvalue weighted by molar-refractivity contribution is -0.139. The lowest BCUT2D eigenvalue weighted by atomic mass is 9.95. The number of nitrogens with one attached hydrogen (secondary N) is 1. The molecule has 37 heavy (non-hydrogen) atoms. The second-order valence-electron chi connectivity index (χ2n) is 9.72. The Morgan fingerprint density at radius 3 is 2.76 bits per heavy atom. The fourth-order valence-corrected chi connectivity index (χ4v) is 5.17. The van der Waals surface area contributed by atoms with E-state index in [0.29, 0.717) is 17.2 Å². The van der Waals surface area contributed by atoms with Crippen molar-refractivity contribution in [1.82, 2.24) is 9.88 Å². The molecule has 4 aromatic rings. The Hall–Kier alpha value is -4.03. The maximum atomic E-state index is 12.9. The highest BCUT2D eigenvalue weighted by molar-refractivity contribution is 6.04. The summed E-state index contributed by atoms with van der Waals surface area (Å²) in [6.45, 7) is 2.93. The van der Waals surface area contributed by atoms with E-state index in [4.69, 9.17) is 4.74 Å². The molecule has 5 rings (SSSR count). The molecular weight excluding hydrogens is 462 g/mol. The quantitative estimate of drug-likeness (QED) is 0.339. The predicted molar refractivity (Wildman–Crippen MR) is 145 cm³/mol. The smallest absolute Gasteiger partial charge is 0.309 e. The molecular formula is C31H31N3O3. The molecule has 1 aromatic heterocycles.